The number of hydrogen-bond donors (Lipinski definition) is 3. The number of hydrazone groups is 1. The highest BCUT2D eigenvalue weighted by atomic mass is 32.1. The number of thiocarbonyl (C=S) groups is 1. The van der Waals surface area contributed by atoms with Gasteiger partial charge in [0, 0.05) is 13.1 Å². The summed E-state index contributed by atoms with van der Waals surface area (Å²) < 4.78 is 5.23. The van der Waals surface area contributed by atoms with Crippen molar-refractivity contribution in [1.29, 1.82) is 0 Å². The second-order valence-corrected chi connectivity index (χ2v) is 4.26. The Morgan fingerprint density at radius 2 is 2.26 bits per heavy atom. The molecule has 3 N–H and O–H groups in total. The van der Waals surface area contributed by atoms with E-state index in [0.29, 0.717) is 24.0 Å². The number of nitrogens with one attached hydrogen (secondary N) is 2. The summed E-state index contributed by atoms with van der Waals surface area (Å²) in [6.45, 7) is 2.95. The van der Waals surface area contributed by atoms with Gasteiger partial charge in [-0.25, -0.2) is 5.01 Å². The largest absolute Gasteiger partial charge is 0.506 e. The summed E-state index contributed by atoms with van der Waals surface area (Å²) in [5.41, 5.74) is 6.34. The molecule has 0 amide bonds. The van der Waals surface area contributed by atoms with Crippen LogP contribution in [0.2, 0.25) is 0 Å². The molecule has 0 aliphatic carbocycles. The Morgan fingerprint density at radius 1 is 1.47 bits per heavy atom. The van der Waals surface area contributed by atoms with Crippen LogP contribution in [0.5, 0.6) is 5.75 Å². The molecular weight excluding hydrogens is 266 g/mol. The lowest BCUT2D eigenvalue weighted by Crippen LogP contribution is -2.50. The normalized spacial score (nSPS) is 16.4. The fourth-order valence-corrected chi connectivity index (χ4v) is 1.66. The first-order valence-electron chi connectivity index (χ1n) is 5.81. The molecular formula is C11H15N5O2S. The van der Waals surface area contributed by atoms with Gasteiger partial charge in [-0.2, -0.15) is 5.10 Å². The van der Waals surface area contributed by atoms with Crippen LogP contribution in [0.4, 0.5) is 0 Å². The van der Waals surface area contributed by atoms with E-state index in [2.05, 4.69) is 20.9 Å². The monoisotopic (exact) mass is 281 g/mol. The van der Waals surface area contributed by atoms with Gasteiger partial charge in [-0.05, 0) is 24.4 Å². The number of aromatic hydroxyl groups is 1. The highest BCUT2D eigenvalue weighted by Gasteiger charge is 2.10. The molecule has 0 radical (unpaired) electrons. The Labute approximate surface area is 116 Å². The van der Waals surface area contributed by atoms with Gasteiger partial charge < -0.3 is 9.84 Å². The molecule has 2 heterocycles. The van der Waals surface area contributed by atoms with Crippen LogP contribution in [0.1, 0.15) is 5.69 Å². The molecule has 0 atom stereocenters. The molecule has 1 aliphatic rings. The third-order valence-electron chi connectivity index (χ3n) is 2.40. The molecule has 7 nitrogen and oxygen atoms in total. The van der Waals surface area contributed by atoms with Gasteiger partial charge in [-0.15, -0.1) is 0 Å². The zero-order valence-electron chi connectivity index (χ0n) is 10.2. The molecule has 19 heavy (non-hydrogen) atoms. The minimum Gasteiger partial charge on any atom is -0.506 e. The molecule has 1 saturated heterocycles. The number of rotatable bonds is 3. The molecule has 102 valence electrons. The van der Waals surface area contributed by atoms with Crippen LogP contribution in [0.15, 0.2) is 23.4 Å². The molecule has 0 bridgehead atoms. The number of morpholine rings is 1. The predicted octanol–water partition coefficient (Wildman–Crippen LogP) is -0.168. The lowest BCUT2D eigenvalue weighted by molar-refractivity contribution is 0.0247. The van der Waals surface area contributed by atoms with Gasteiger partial charge in [-0.1, -0.05) is 0 Å². The van der Waals surface area contributed by atoms with Crippen LogP contribution in [0.3, 0.4) is 0 Å². The van der Waals surface area contributed by atoms with Crippen LogP contribution in [0, 0.1) is 0 Å². The van der Waals surface area contributed by atoms with Crippen molar-refractivity contribution in [3.05, 3.63) is 24.0 Å². The van der Waals surface area contributed by atoms with Gasteiger partial charge in [0.15, 0.2) is 0 Å². The average Bonchev–Trinajstić information content (AvgIpc) is 2.42. The van der Waals surface area contributed by atoms with E-state index in [9.17, 15) is 0 Å². The predicted molar refractivity (Wildman–Crippen MR) is 74.8 cm³/mol. The van der Waals surface area contributed by atoms with Crippen molar-refractivity contribution in [2.24, 2.45) is 5.10 Å². The second-order valence-electron chi connectivity index (χ2n) is 3.85. The Hall–Kier alpha value is -1.77. The molecule has 0 spiro atoms. The number of hydrogen-bond acceptors (Lipinski definition) is 6. The van der Waals surface area contributed by atoms with E-state index in [1.807, 2.05) is 5.01 Å². The molecule has 2 rings (SSSR count). The molecule has 1 aliphatic heterocycles. The van der Waals surface area contributed by atoms with Gasteiger partial charge in [0.1, 0.15) is 5.75 Å². The zero-order valence-corrected chi connectivity index (χ0v) is 11.1. The fourth-order valence-electron chi connectivity index (χ4n) is 1.47. The Morgan fingerprint density at radius 3 is 2.95 bits per heavy atom. The summed E-state index contributed by atoms with van der Waals surface area (Å²) in [6.07, 6.45) is 2.87. The number of hydrazine groups is 1. The third-order valence-corrected chi connectivity index (χ3v) is 2.59. The Balaban J connectivity index is 1.74. The number of aromatic nitrogens is 1. The number of pyridine rings is 1. The minimum absolute atomic E-state index is 0.120. The van der Waals surface area contributed by atoms with E-state index < -0.39 is 0 Å². The molecule has 1 aromatic heterocycles. The van der Waals surface area contributed by atoms with Crippen LogP contribution in [-0.4, -0.2) is 52.7 Å². The van der Waals surface area contributed by atoms with E-state index >= 15 is 0 Å². The van der Waals surface area contributed by atoms with E-state index in [4.69, 9.17) is 22.1 Å². The maximum absolute atomic E-state index is 9.08. The van der Waals surface area contributed by atoms with Gasteiger partial charge in [0.05, 0.1) is 31.3 Å². The maximum Gasteiger partial charge on any atom is 0.201 e. The average molecular weight is 281 g/mol. The smallest absolute Gasteiger partial charge is 0.201 e. The standard InChI is InChI=1S/C11H15N5O2S/c17-10-2-1-9(12-8-10)7-13-14-11(19)15-16-3-5-18-6-4-16/h1-2,7-8,17H,3-6H2,(H2,14,15,19)/b13-7-. The van der Waals surface area contributed by atoms with Crippen LogP contribution in [0.25, 0.3) is 0 Å². The molecule has 0 unspecified atom stereocenters. The van der Waals surface area contributed by atoms with Crippen molar-refractivity contribution in [1.82, 2.24) is 20.8 Å². The van der Waals surface area contributed by atoms with E-state index in [1.165, 1.54) is 12.4 Å². The first kappa shape index (κ1) is 13.7. The van der Waals surface area contributed by atoms with Gasteiger partial charge >= 0.3 is 0 Å². The Kier molecular flexibility index (Phi) is 5.01. The van der Waals surface area contributed by atoms with Crippen molar-refractivity contribution in [2.75, 3.05) is 26.3 Å². The number of nitrogens with zero attached hydrogens (tertiary/aromatic N) is 3. The molecule has 1 aromatic rings. The van der Waals surface area contributed by atoms with Crippen molar-refractivity contribution in [3.8, 4) is 5.75 Å². The third kappa shape index (κ3) is 4.78. The summed E-state index contributed by atoms with van der Waals surface area (Å²) in [7, 11) is 0. The van der Waals surface area contributed by atoms with Gasteiger partial charge in [-0.3, -0.25) is 15.8 Å². The van der Waals surface area contributed by atoms with Crippen molar-refractivity contribution in [2.45, 2.75) is 0 Å². The van der Waals surface area contributed by atoms with Crippen LogP contribution >= 0.6 is 12.2 Å². The fraction of sp³-hybridized carbons (Fsp3) is 0.364. The summed E-state index contributed by atoms with van der Waals surface area (Å²) >= 11 is 5.09. The highest BCUT2D eigenvalue weighted by molar-refractivity contribution is 7.80. The van der Waals surface area contributed by atoms with E-state index in [-0.39, 0.29) is 5.75 Å². The quantitative estimate of drug-likeness (QED) is 0.403. The minimum atomic E-state index is 0.120. The topological polar surface area (TPSA) is 82.0 Å². The lowest BCUT2D eigenvalue weighted by Gasteiger charge is -2.27. The van der Waals surface area contributed by atoms with Gasteiger partial charge in [0.25, 0.3) is 0 Å². The second kappa shape index (κ2) is 6.98. The highest BCUT2D eigenvalue weighted by Crippen LogP contribution is 2.03. The first-order chi connectivity index (χ1) is 9.24. The Bertz CT molecular complexity index is 445. The van der Waals surface area contributed by atoms with Crippen molar-refractivity contribution >= 4 is 23.5 Å². The summed E-state index contributed by atoms with van der Waals surface area (Å²) in [6, 6.07) is 3.19. The van der Waals surface area contributed by atoms with E-state index in [1.54, 1.807) is 12.1 Å². The first-order valence-corrected chi connectivity index (χ1v) is 6.22. The lowest BCUT2D eigenvalue weighted by atomic mass is 10.4. The molecule has 1 fully saturated rings. The summed E-state index contributed by atoms with van der Waals surface area (Å²) in [5.74, 6) is 0.120. The number of ether oxygens (including phenoxy) is 1. The van der Waals surface area contributed by atoms with E-state index in [0.717, 1.165) is 13.1 Å². The molecule has 0 aromatic carbocycles. The SMILES string of the molecule is Oc1ccc(/C=N\NC(=S)NN2CCOCC2)nc1. The van der Waals surface area contributed by atoms with Crippen LogP contribution in [-0.2, 0) is 4.74 Å². The molecule has 8 heteroatoms. The van der Waals surface area contributed by atoms with Crippen molar-refractivity contribution in [3.63, 3.8) is 0 Å². The van der Waals surface area contributed by atoms with Crippen molar-refractivity contribution < 1.29 is 9.84 Å². The van der Waals surface area contributed by atoms with Crippen LogP contribution < -0.4 is 10.9 Å². The maximum atomic E-state index is 9.08. The van der Waals surface area contributed by atoms with Gasteiger partial charge in [0.2, 0.25) is 5.11 Å². The zero-order chi connectivity index (χ0) is 13.5. The summed E-state index contributed by atoms with van der Waals surface area (Å²) in [5, 5.41) is 15.4. The molecule has 0 saturated carbocycles. The summed E-state index contributed by atoms with van der Waals surface area (Å²) in [4.78, 5) is 3.96.